The van der Waals surface area contributed by atoms with Crippen LogP contribution in [0.25, 0.3) is 0 Å². The number of nitrogens with zero attached hydrogens (tertiary/aromatic N) is 2. The van der Waals surface area contributed by atoms with Crippen molar-refractivity contribution in [2.75, 3.05) is 23.3 Å². The van der Waals surface area contributed by atoms with E-state index in [9.17, 15) is 13.2 Å². The topological polar surface area (TPSA) is 88.6 Å². The summed E-state index contributed by atoms with van der Waals surface area (Å²) in [5, 5.41) is 4.82. The highest BCUT2D eigenvalue weighted by Crippen LogP contribution is 2.28. The van der Waals surface area contributed by atoms with Gasteiger partial charge in [0.15, 0.2) is 5.13 Å². The van der Waals surface area contributed by atoms with Crippen LogP contribution < -0.4 is 14.4 Å². The second-order valence-electron chi connectivity index (χ2n) is 5.96. The monoisotopic (exact) mass is 463 g/mol. The molecule has 1 heterocycles. The van der Waals surface area contributed by atoms with Gasteiger partial charge in [-0.1, -0.05) is 17.7 Å². The van der Waals surface area contributed by atoms with Crippen molar-refractivity contribution >= 4 is 49.7 Å². The van der Waals surface area contributed by atoms with Crippen LogP contribution in [0.3, 0.4) is 0 Å². The summed E-state index contributed by atoms with van der Waals surface area (Å²) >= 11 is 7.40. The summed E-state index contributed by atoms with van der Waals surface area (Å²) in [7, 11) is -2.47. The van der Waals surface area contributed by atoms with Gasteiger partial charge in [-0.3, -0.25) is 14.4 Å². The zero-order valence-electron chi connectivity index (χ0n) is 15.9. The molecule has 0 unspecified atom stereocenters. The number of hydrogen-bond donors (Lipinski definition) is 1. The van der Waals surface area contributed by atoms with Gasteiger partial charge < -0.3 is 4.74 Å². The molecular weight excluding hydrogens is 446 g/mol. The Labute approximate surface area is 183 Å². The standard InChI is InChI=1S/C20H18ClN3O4S2/c1-3-11-24(14-4-6-15(28-2)7-5-14)30(26,27)16-8-9-18(21)17(13-16)19(25)23-20-22-10-12-29-20/h3-10,12-13H,1,11H2,2H3,(H,22,23,25). The van der Waals surface area contributed by atoms with Crippen LogP contribution in [0, 0.1) is 0 Å². The fraction of sp³-hybridized carbons (Fsp3) is 0.100. The minimum atomic E-state index is -4.00. The molecule has 1 amide bonds. The Hall–Kier alpha value is -2.88. The first-order chi connectivity index (χ1) is 14.4. The molecule has 1 aromatic heterocycles. The van der Waals surface area contributed by atoms with Gasteiger partial charge in [0.2, 0.25) is 0 Å². The van der Waals surface area contributed by atoms with Crippen molar-refractivity contribution in [1.29, 1.82) is 0 Å². The number of ether oxygens (including phenoxy) is 1. The van der Waals surface area contributed by atoms with Gasteiger partial charge in [-0.25, -0.2) is 13.4 Å². The first kappa shape index (κ1) is 21.8. The van der Waals surface area contributed by atoms with Gasteiger partial charge in [0.05, 0.1) is 34.8 Å². The SMILES string of the molecule is C=CCN(c1ccc(OC)cc1)S(=O)(=O)c1ccc(Cl)c(C(=O)Nc2nccs2)c1. The average Bonchev–Trinajstić information content (AvgIpc) is 3.25. The molecule has 0 atom stereocenters. The van der Waals surface area contributed by atoms with E-state index in [1.54, 1.807) is 35.8 Å². The molecule has 0 radical (unpaired) electrons. The van der Waals surface area contributed by atoms with Gasteiger partial charge in [0, 0.05) is 11.6 Å². The van der Waals surface area contributed by atoms with Gasteiger partial charge in [0.25, 0.3) is 15.9 Å². The van der Waals surface area contributed by atoms with Crippen molar-refractivity contribution < 1.29 is 17.9 Å². The second-order valence-corrected chi connectivity index (χ2v) is 9.12. The first-order valence-corrected chi connectivity index (χ1v) is 11.3. The van der Waals surface area contributed by atoms with E-state index >= 15 is 0 Å². The van der Waals surface area contributed by atoms with Crippen molar-refractivity contribution in [3.8, 4) is 5.75 Å². The maximum Gasteiger partial charge on any atom is 0.264 e. The maximum atomic E-state index is 13.3. The first-order valence-electron chi connectivity index (χ1n) is 8.65. The zero-order valence-corrected chi connectivity index (χ0v) is 18.3. The Morgan fingerprint density at radius 1 is 1.30 bits per heavy atom. The summed E-state index contributed by atoms with van der Waals surface area (Å²) in [6.07, 6.45) is 3.03. The number of anilines is 2. The molecule has 0 aliphatic carbocycles. The lowest BCUT2D eigenvalue weighted by Crippen LogP contribution is -2.31. The number of amides is 1. The number of benzene rings is 2. The number of carbonyl (C=O) groups excluding carboxylic acids is 1. The third-order valence-corrected chi connectivity index (χ3v) is 6.89. The van der Waals surface area contributed by atoms with Crippen molar-refractivity contribution in [3.63, 3.8) is 0 Å². The van der Waals surface area contributed by atoms with Crippen LogP contribution in [0.15, 0.2) is 71.6 Å². The lowest BCUT2D eigenvalue weighted by atomic mass is 10.2. The number of carbonyl (C=O) groups is 1. The molecule has 0 saturated carbocycles. The Morgan fingerprint density at radius 3 is 2.63 bits per heavy atom. The third-order valence-electron chi connectivity index (χ3n) is 4.08. The average molecular weight is 464 g/mol. The number of halogens is 1. The summed E-state index contributed by atoms with van der Waals surface area (Å²) in [4.78, 5) is 16.5. The summed E-state index contributed by atoms with van der Waals surface area (Å²) in [5.41, 5.74) is 0.459. The van der Waals surface area contributed by atoms with E-state index in [4.69, 9.17) is 16.3 Å². The van der Waals surface area contributed by atoms with Crippen LogP contribution >= 0.6 is 22.9 Å². The summed E-state index contributed by atoms with van der Waals surface area (Å²) in [6, 6.07) is 10.6. The highest BCUT2D eigenvalue weighted by atomic mass is 35.5. The smallest absolute Gasteiger partial charge is 0.264 e. The Morgan fingerprint density at radius 2 is 2.03 bits per heavy atom. The quantitative estimate of drug-likeness (QED) is 0.499. The van der Waals surface area contributed by atoms with Crippen LogP contribution in [-0.4, -0.2) is 33.0 Å². The normalized spacial score (nSPS) is 11.0. The number of nitrogens with one attached hydrogen (secondary N) is 1. The number of rotatable bonds is 8. The van der Waals surface area contributed by atoms with E-state index in [1.807, 2.05) is 0 Å². The highest BCUT2D eigenvalue weighted by Gasteiger charge is 2.26. The molecule has 7 nitrogen and oxygen atoms in total. The minimum Gasteiger partial charge on any atom is -0.497 e. The molecule has 156 valence electrons. The maximum absolute atomic E-state index is 13.3. The molecule has 1 N–H and O–H groups in total. The predicted molar refractivity (Wildman–Crippen MR) is 119 cm³/mol. The van der Waals surface area contributed by atoms with Crippen molar-refractivity contribution in [1.82, 2.24) is 4.98 Å². The number of methoxy groups -OCH3 is 1. The van der Waals surface area contributed by atoms with Crippen molar-refractivity contribution in [2.45, 2.75) is 4.90 Å². The molecule has 0 fully saturated rings. The van der Waals surface area contributed by atoms with Gasteiger partial charge in [-0.15, -0.1) is 17.9 Å². The van der Waals surface area contributed by atoms with Crippen LogP contribution in [0.4, 0.5) is 10.8 Å². The predicted octanol–water partition coefficient (Wildman–Crippen LogP) is 4.44. The summed E-state index contributed by atoms with van der Waals surface area (Å²) < 4.78 is 33.0. The van der Waals surface area contributed by atoms with Gasteiger partial charge >= 0.3 is 0 Å². The molecule has 2 aromatic carbocycles. The molecular formula is C20H18ClN3O4S2. The van der Waals surface area contributed by atoms with Crippen molar-refractivity contribution in [2.24, 2.45) is 0 Å². The number of aromatic nitrogens is 1. The van der Waals surface area contributed by atoms with E-state index in [0.29, 0.717) is 16.6 Å². The molecule has 0 bridgehead atoms. The molecule has 3 rings (SSSR count). The Balaban J connectivity index is 1.98. The Kier molecular flexibility index (Phi) is 6.76. The lowest BCUT2D eigenvalue weighted by molar-refractivity contribution is 0.102. The molecule has 10 heteroatoms. The van der Waals surface area contributed by atoms with Crippen LogP contribution in [-0.2, 0) is 10.0 Å². The minimum absolute atomic E-state index is 0.0289. The van der Waals surface area contributed by atoms with Gasteiger partial charge in [0.1, 0.15) is 5.75 Å². The molecule has 0 aliphatic heterocycles. The molecule has 0 aliphatic rings. The molecule has 3 aromatic rings. The highest BCUT2D eigenvalue weighted by molar-refractivity contribution is 7.92. The lowest BCUT2D eigenvalue weighted by Gasteiger charge is -2.23. The fourth-order valence-corrected chi connectivity index (χ4v) is 4.81. The number of hydrogen-bond acceptors (Lipinski definition) is 6. The van der Waals surface area contributed by atoms with Crippen LogP contribution in [0.5, 0.6) is 5.75 Å². The van der Waals surface area contributed by atoms with E-state index in [0.717, 1.165) is 0 Å². The summed E-state index contributed by atoms with van der Waals surface area (Å²) in [5.74, 6) is 0.0501. The third kappa shape index (κ3) is 4.64. The van der Waals surface area contributed by atoms with Crippen LogP contribution in [0.2, 0.25) is 5.02 Å². The molecule has 0 saturated heterocycles. The molecule has 30 heavy (non-hydrogen) atoms. The fourth-order valence-electron chi connectivity index (χ4n) is 2.62. The van der Waals surface area contributed by atoms with Gasteiger partial charge in [-0.2, -0.15) is 0 Å². The van der Waals surface area contributed by atoms with Crippen molar-refractivity contribution in [3.05, 3.63) is 77.3 Å². The number of sulfonamides is 1. The van der Waals surface area contributed by atoms with E-state index in [2.05, 4.69) is 16.9 Å². The van der Waals surface area contributed by atoms with E-state index in [-0.39, 0.29) is 22.0 Å². The van der Waals surface area contributed by atoms with E-state index < -0.39 is 15.9 Å². The van der Waals surface area contributed by atoms with Gasteiger partial charge in [-0.05, 0) is 42.5 Å². The van der Waals surface area contributed by atoms with Crippen LogP contribution in [0.1, 0.15) is 10.4 Å². The van der Waals surface area contributed by atoms with E-state index in [1.165, 1.54) is 47.0 Å². The zero-order chi connectivity index (χ0) is 21.7. The number of thiazole rings is 1. The molecule has 0 spiro atoms. The Bertz CT molecular complexity index is 1150. The largest absolute Gasteiger partial charge is 0.497 e. The summed E-state index contributed by atoms with van der Waals surface area (Å²) in [6.45, 7) is 3.69. The second kappa shape index (κ2) is 9.29.